The van der Waals surface area contributed by atoms with Crippen LogP contribution in [-0.4, -0.2) is 40.8 Å². The monoisotopic (exact) mass is 435 g/mol. The molecule has 0 fully saturated rings. The number of thioether (sulfide) groups is 1. The Morgan fingerprint density at radius 2 is 2.10 bits per heavy atom. The lowest BCUT2D eigenvalue weighted by Crippen LogP contribution is -2.46. The molecule has 9 heteroatoms. The van der Waals surface area contributed by atoms with Crippen molar-refractivity contribution in [2.45, 2.75) is 30.7 Å². The number of carbonyl (C=O) groups excluding carboxylic acids is 1. The topological polar surface area (TPSA) is 88.2 Å². The maximum absolute atomic E-state index is 14.5. The van der Waals surface area contributed by atoms with Crippen LogP contribution >= 0.6 is 11.8 Å². The highest BCUT2D eigenvalue weighted by molar-refractivity contribution is 8.15. The molecule has 3 rings (SSSR count). The predicted molar refractivity (Wildman–Crippen MR) is 112 cm³/mol. The maximum Gasteiger partial charge on any atom is 0.273 e. The van der Waals surface area contributed by atoms with Crippen LogP contribution in [0.3, 0.4) is 0 Å². The predicted octanol–water partition coefficient (Wildman–Crippen LogP) is 3.53. The minimum Gasteiger partial charge on any atom is -0.508 e. The summed E-state index contributed by atoms with van der Waals surface area (Å²) in [5.74, 6) is -1.70. The molecule has 0 saturated heterocycles. The zero-order valence-electron chi connectivity index (χ0n) is 16.6. The quantitative estimate of drug-likeness (QED) is 0.695. The number of hydrogen-bond donors (Lipinski definition) is 2. The Hall–Kier alpha value is -2.49. The number of ether oxygens (including phenoxy) is 1. The lowest BCUT2D eigenvalue weighted by atomic mass is 9.99. The summed E-state index contributed by atoms with van der Waals surface area (Å²) in [5, 5.41) is 15.8. The fourth-order valence-corrected chi connectivity index (χ4v) is 4.66. The van der Waals surface area contributed by atoms with Gasteiger partial charge in [-0.25, -0.2) is 13.8 Å². The molecule has 1 unspecified atom stereocenters. The summed E-state index contributed by atoms with van der Waals surface area (Å²) in [7, 11) is 1.40. The number of aromatic hydroxyl groups is 1. The van der Waals surface area contributed by atoms with Crippen LogP contribution in [0.5, 0.6) is 5.75 Å². The van der Waals surface area contributed by atoms with Gasteiger partial charge < -0.3 is 15.6 Å². The second kappa shape index (κ2) is 9.11. The van der Waals surface area contributed by atoms with Crippen molar-refractivity contribution in [3.05, 3.63) is 65.2 Å². The molecule has 0 aromatic heterocycles. The third-order valence-corrected chi connectivity index (χ3v) is 6.33. The standard InChI is InChI=1S/C21H23F2N3O3S/c1-13(29-2)20(28)26-21(9-4-10-24,14-5-3-6-16(27)11-14)30-19(25-26)17-12-15(22)7-8-18(17)23/h3,5-8,11-13,27H,4,9-10,24H2,1-2H3/t13-,21?/m0/s1. The van der Waals surface area contributed by atoms with Crippen molar-refractivity contribution in [1.29, 1.82) is 0 Å². The molecule has 30 heavy (non-hydrogen) atoms. The SMILES string of the molecule is CO[C@@H](C)C(=O)N1N=C(c2cc(F)ccc2F)SC1(CCCN)c1cccc(O)c1. The number of phenols is 1. The molecule has 6 nitrogen and oxygen atoms in total. The summed E-state index contributed by atoms with van der Waals surface area (Å²) in [5.41, 5.74) is 6.28. The van der Waals surface area contributed by atoms with Gasteiger partial charge in [-0.1, -0.05) is 23.9 Å². The van der Waals surface area contributed by atoms with Crippen LogP contribution in [0.4, 0.5) is 8.78 Å². The van der Waals surface area contributed by atoms with Crippen molar-refractivity contribution in [3.63, 3.8) is 0 Å². The Morgan fingerprint density at radius 3 is 2.77 bits per heavy atom. The molecule has 1 amide bonds. The number of rotatable bonds is 7. The van der Waals surface area contributed by atoms with Crippen LogP contribution in [0.1, 0.15) is 30.9 Å². The Bertz CT molecular complexity index is 972. The van der Waals surface area contributed by atoms with Crippen LogP contribution in [0.25, 0.3) is 0 Å². The van der Waals surface area contributed by atoms with Crippen molar-refractivity contribution in [1.82, 2.24) is 5.01 Å². The first kappa shape index (κ1) is 22.2. The summed E-state index contributed by atoms with van der Waals surface area (Å²) in [4.78, 5) is 12.1. The molecular weight excluding hydrogens is 412 g/mol. The van der Waals surface area contributed by atoms with Gasteiger partial charge in [0.2, 0.25) is 0 Å². The molecule has 0 bridgehead atoms. The lowest BCUT2D eigenvalue weighted by Gasteiger charge is -2.36. The number of hydrogen-bond acceptors (Lipinski definition) is 6. The first-order valence-corrected chi connectivity index (χ1v) is 10.2. The third-order valence-electron chi connectivity index (χ3n) is 4.88. The number of hydrazone groups is 1. The number of benzene rings is 2. The Morgan fingerprint density at radius 1 is 1.33 bits per heavy atom. The summed E-state index contributed by atoms with van der Waals surface area (Å²) in [6, 6.07) is 9.53. The van der Waals surface area contributed by atoms with Crippen molar-refractivity contribution in [3.8, 4) is 5.75 Å². The van der Waals surface area contributed by atoms with Gasteiger partial charge in [0.25, 0.3) is 5.91 Å². The first-order chi connectivity index (χ1) is 14.3. The summed E-state index contributed by atoms with van der Waals surface area (Å²) >= 11 is 1.13. The van der Waals surface area contributed by atoms with E-state index in [0.717, 1.165) is 30.0 Å². The van der Waals surface area contributed by atoms with Crippen LogP contribution in [0.15, 0.2) is 47.6 Å². The molecule has 1 aliphatic heterocycles. The smallest absolute Gasteiger partial charge is 0.273 e. The fraction of sp³-hybridized carbons (Fsp3) is 0.333. The molecule has 2 aromatic carbocycles. The van der Waals surface area contributed by atoms with E-state index in [9.17, 15) is 18.7 Å². The van der Waals surface area contributed by atoms with Crippen molar-refractivity contribution in [2.24, 2.45) is 10.8 Å². The molecule has 1 heterocycles. The molecule has 2 aromatic rings. The minimum absolute atomic E-state index is 0.0119. The Kier molecular flexibility index (Phi) is 6.74. The number of methoxy groups -OCH3 is 1. The number of halogens is 2. The zero-order chi connectivity index (χ0) is 21.9. The van der Waals surface area contributed by atoms with E-state index in [-0.39, 0.29) is 16.4 Å². The maximum atomic E-state index is 14.5. The highest BCUT2D eigenvalue weighted by Crippen LogP contribution is 2.51. The second-order valence-corrected chi connectivity index (χ2v) is 8.15. The van der Waals surface area contributed by atoms with E-state index in [4.69, 9.17) is 10.5 Å². The van der Waals surface area contributed by atoms with E-state index in [2.05, 4.69) is 5.10 Å². The van der Waals surface area contributed by atoms with Crippen LogP contribution in [-0.2, 0) is 14.4 Å². The second-order valence-electron chi connectivity index (χ2n) is 6.89. The lowest BCUT2D eigenvalue weighted by molar-refractivity contribution is -0.144. The van der Waals surface area contributed by atoms with Gasteiger partial charge in [-0.05, 0) is 62.2 Å². The van der Waals surface area contributed by atoms with E-state index in [0.29, 0.717) is 24.9 Å². The van der Waals surface area contributed by atoms with Crippen molar-refractivity contribution < 1.29 is 23.4 Å². The fourth-order valence-electron chi connectivity index (χ4n) is 3.24. The highest BCUT2D eigenvalue weighted by atomic mass is 32.2. The van der Waals surface area contributed by atoms with E-state index < -0.39 is 28.5 Å². The van der Waals surface area contributed by atoms with Crippen LogP contribution in [0, 0.1) is 11.6 Å². The van der Waals surface area contributed by atoms with Gasteiger partial charge in [0, 0.05) is 12.7 Å². The number of phenolic OH excluding ortho intramolecular Hbond substituents is 1. The van der Waals surface area contributed by atoms with E-state index in [1.54, 1.807) is 19.1 Å². The summed E-state index contributed by atoms with van der Waals surface area (Å²) in [6.07, 6.45) is 0.0898. The number of amides is 1. The molecule has 2 atom stereocenters. The van der Waals surface area contributed by atoms with Gasteiger partial charge in [-0.2, -0.15) is 5.10 Å². The molecular formula is C21H23F2N3O3S. The van der Waals surface area contributed by atoms with Gasteiger partial charge in [0.15, 0.2) is 0 Å². The third kappa shape index (κ3) is 4.19. The average molecular weight is 435 g/mol. The van der Waals surface area contributed by atoms with Crippen LogP contribution in [0.2, 0.25) is 0 Å². The van der Waals surface area contributed by atoms with Gasteiger partial charge in [0.1, 0.15) is 33.4 Å². The van der Waals surface area contributed by atoms with Gasteiger partial charge >= 0.3 is 0 Å². The van der Waals surface area contributed by atoms with E-state index in [1.807, 2.05) is 0 Å². The molecule has 0 spiro atoms. The molecule has 160 valence electrons. The summed E-state index contributed by atoms with van der Waals surface area (Å²) in [6.45, 7) is 1.94. The van der Waals surface area contributed by atoms with Gasteiger partial charge in [0.05, 0.1) is 0 Å². The zero-order valence-corrected chi connectivity index (χ0v) is 17.5. The highest BCUT2D eigenvalue weighted by Gasteiger charge is 2.49. The molecule has 0 saturated carbocycles. The largest absolute Gasteiger partial charge is 0.508 e. The molecule has 0 radical (unpaired) electrons. The van der Waals surface area contributed by atoms with Crippen LogP contribution < -0.4 is 5.73 Å². The molecule has 1 aliphatic rings. The van der Waals surface area contributed by atoms with E-state index in [1.165, 1.54) is 24.3 Å². The Labute approximate surface area is 177 Å². The molecule has 0 aliphatic carbocycles. The average Bonchev–Trinajstić information content (AvgIpc) is 3.13. The van der Waals surface area contributed by atoms with Crippen molar-refractivity contribution >= 4 is 22.7 Å². The van der Waals surface area contributed by atoms with E-state index >= 15 is 0 Å². The Balaban J connectivity index is 2.18. The summed E-state index contributed by atoms with van der Waals surface area (Å²) < 4.78 is 33.5. The van der Waals surface area contributed by atoms with Gasteiger partial charge in [-0.15, -0.1) is 0 Å². The number of nitrogens with two attached hydrogens (primary N) is 1. The number of nitrogens with zero attached hydrogens (tertiary/aromatic N) is 2. The number of carbonyl (C=O) groups is 1. The van der Waals surface area contributed by atoms with Gasteiger partial charge in [-0.3, -0.25) is 4.79 Å². The first-order valence-electron chi connectivity index (χ1n) is 9.42. The van der Waals surface area contributed by atoms with Crippen molar-refractivity contribution in [2.75, 3.05) is 13.7 Å². The minimum atomic E-state index is -1.10. The normalized spacial score (nSPS) is 19.6. The molecule has 3 N–H and O–H groups in total.